The average molecular weight is 182 g/mol. The standard InChI is InChI=1S/C11H22N2/c1-3-6-11(12)13(2)9-10-7-4-5-8-10/h10,12H,3-9H2,1-2H3. The minimum Gasteiger partial charge on any atom is -0.363 e. The molecule has 0 radical (unpaired) electrons. The van der Waals surface area contributed by atoms with Crippen LogP contribution in [0, 0.1) is 11.3 Å². The Kier molecular flexibility index (Phi) is 4.26. The van der Waals surface area contributed by atoms with Gasteiger partial charge < -0.3 is 4.90 Å². The maximum Gasteiger partial charge on any atom is 0.0955 e. The third-order valence-electron chi connectivity index (χ3n) is 2.95. The Labute approximate surface area is 81.8 Å². The fourth-order valence-electron chi connectivity index (χ4n) is 2.12. The van der Waals surface area contributed by atoms with E-state index in [1.807, 2.05) is 0 Å². The van der Waals surface area contributed by atoms with Gasteiger partial charge in [0.05, 0.1) is 5.84 Å². The molecule has 2 heteroatoms. The van der Waals surface area contributed by atoms with Gasteiger partial charge in [-0.2, -0.15) is 0 Å². The van der Waals surface area contributed by atoms with Crippen LogP contribution in [0.25, 0.3) is 0 Å². The second-order valence-electron chi connectivity index (χ2n) is 4.23. The Morgan fingerprint density at radius 1 is 1.38 bits per heavy atom. The zero-order valence-corrected chi connectivity index (χ0v) is 8.97. The Morgan fingerprint density at radius 3 is 2.54 bits per heavy atom. The minimum absolute atomic E-state index is 0.814. The van der Waals surface area contributed by atoms with Crippen LogP contribution in [-0.4, -0.2) is 24.3 Å². The van der Waals surface area contributed by atoms with Crippen LogP contribution in [0.2, 0.25) is 0 Å². The zero-order chi connectivity index (χ0) is 9.68. The number of rotatable bonds is 4. The summed E-state index contributed by atoms with van der Waals surface area (Å²) in [5.74, 6) is 1.68. The van der Waals surface area contributed by atoms with Crippen LogP contribution in [0.1, 0.15) is 45.4 Å². The molecule has 76 valence electrons. The van der Waals surface area contributed by atoms with Gasteiger partial charge >= 0.3 is 0 Å². The number of nitrogens with one attached hydrogen (secondary N) is 1. The molecule has 1 N–H and O–H groups in total. The molecule has 1 rings (SSSR count). The molecule has 0 aromatic rings. The summed E-state index contributed by atoms with van der Waals surface area (Å²) in [4.78, 5) is 2.14. The van der Waals surface area contributed by atoms with Crippen LogP contribution in [0.5, 0.6) is 0 Å². The highest BCUT2D eigenvalue weighted by atomic mass is 15.1. The Hall–Kier alpha value is -0.530. The van der Waals surface area contributed by atoms with Crippen molar-refractivity contribution in [3.05, 3.63) is 0 Å². The highest BCUT2D eigenvalue weighted by Gasteiger charge is 2.17. The van der Waals surface area contributed by atoms with Gasteiger partial charge in [0.2, 0.25) is 0 Å². The normalized spacial score (nSPS) is 17.7. The first-order chi connectivity index (χ1) is 6.24. The minimum atomic E-state index is 0.814. The summed E-state index contributed by atoms with van der Waals surface area (Å²) < 4.78 is 0. The fraction of sp³-hybridized carbons (Fsp3) is 0.909. The van der Waals surface area contributed by atoms with E-state index in [0.717, 1.165) is 31.1 Å². The summed E-state index contributed by atoms with van der Waals surface area (Å²) in [5, 5.41) is 7.78. The zero-order valence-electron chi connectivity index (χ0n) is 8.97. The summed E-state index contributed by atoms with van der Waals surface area (Å²) in [5.41, 5.74) is 0. The van der Waals surface area contributed by atoms with Crippen molar-refractivity contribution in [1.82, 2.24) is 4.90 Å². The van der Waals surface area contributed by atoms with Crippen LogP contribution in [0.15, 0.2) is 0 Å². The van der Waals surface area contributed by atoms with Gasteiger partial charge in [0, 0.05) is 20.0 Å². The maximum absolute atomic E-state index is 7.78. The number of nitrogens with zero attached hydrogens (tertiary/aromatic N) is 1. The fourth-order valence-corrected chi connectivity index (χ4v) is 2.12. The van der Waals surface area contributed by atoms with Crippen molar-refractivity contribution in [1.29, 1.82) is 5.41 Å². The molecule has 13 heavy (non-hydrogen) atoms. The van der Waals surface area contributed by atoms with Crippen molar-refractivity contribution >= 4 is 5.84 Å². The van der Waals surface area contributed by atoms with Crippen molar-refractivity contribution in [2.75, 3.05) is 13.6 Å². The van der Waals surface area contributed by atoms with Crippen molar-refractivity contribution < 1.29 is 0 Å². The topological polar surface area (TPSA) is 27.1 Å². The average Bonchev–Trinajstić information content (AvgIpc) is 2.57. The predicted octanol–water partition coefficient (Wildman–Crippen LogP) is 2.89. The van der Waals surface area contributed by atoms with E-state index in [2.05, 4.69) is 18.9 Å². The molecule has 0 heterocycles. The quantitative estimate of drug-likeness (QED) is 0.525. The van der Waals surface area contributed by atoms with E-state index in [9.17, 15) is 0 Å². The lowest BCUT2D eigenvalue weighted by molar-refractivity contribution is 0.381. The second-order valence-corrected chi connectivity index (χ2v) is 4.23. The van der Waals surface area contributed by atoms with Crippen LogP contribution in [-0.2, 0) is 0 Å². The van der Waals surface area contributed by atoms with Gasteiger partial charge in [-0.1, -0.05) is 19.8 Å². The van der Waals surface area contributed by atoms with Gasteiger partial charge in [0.15, 0.2) is 0 Å². The molecule has 0 bridgehead atoms. The molecule has 0 atom stereocenters. The number of hydrogen-bond donors (Lipinski definition) is 1. The first-order valence-electron chi connectivity index (χ1n) is 5.52. The molecule has 0 saturated heterocycles. The van der Waals surface area contributed by atoms with E-state index < -0.39 is 0 Å². The smallest absolute Gasteiger partial charge is 0.0955 e. The molecular formula is C11H22N2. The molecular weight excluding hydrogens is 160 g/mol. The molecule has 2 nitrogen and oxygen atoms in total. The maximum atomic E-state index is 7.78. The Bertz CT molecular complexity index is 159. The van der Waals surface area contributed by atoms with Crippen LogP contribution < -0.4 is 0 Å². The van der Waals surface area contributed by atoms with E-state index >= 15 is 0 Å². The third-order valence-corrected chi connectivity index (χ3v) is 2.95. The number of hydrogen-bond acceptors (Lipinski definition) is 1. The molecule has 0 spiro atoms. The third kappa shape index (κ3) is 3.37. The monoisotopic (exact) mass is 182 g/mol. The molecule has 0 aromatic carbocycles. The molecule has 0 unspecified atom stereocenters. The largest absolute Gasteiger partial charge is 0.363 e. The Balaban J connectivity index is 2.22. The predicted molar refractivity (Wildman–Crippen MR) is 57.2 cm³/mol. The van der Waals surface area contributed by atoms with Crippen LogP contribution in [0.3, 0.4) is 0 Å². The molecule has 1 saturated carbocycles. The molecule has 0 aromatic heterocycles. The summed E-state index contributed by atoms with van der Waals surface area (Å²) >= 11 is 0. The van der Waals surface area contributed by atoms with Crippen molar-refractivity contribution in [3.63, 3.8) is 0 Å². The lowest BCUT2D eigenvalue weighted by Gasteiger charge is -2.23. The lowest BCUT2D eigenvalue weighted by Crippen LogP contribution is -2.30. The lowest BCUT2D eigenvalue weighted by atomic mass is 10.1. The second kappa shape index (κ2) is 5.25. The van der Waals surface area contributed by atoms with E-state index in [4.69, 9.17) is 5.41 Å². The van der Waals surface area contributed by atoms with Crippen molar-refractivity contribution in [3.8, 4) is 0 Å². The summed E-state index contributed by atoms with van der Waals surface area (Å²) in [7, 11) is 2.07. The summed E-state index contributed by atoms with van der Waals surface area (Å²) in [6.45, 7) is 3.25. The highest BCUT2D eigenvalue weighted by Crippen LogP contribution is 2.25. The van der Waals surface area contributed by atoms with E-state index in [0.29, 0.717) is 0 Å². The highest BCUT2D eigenvalue weighted by molar-refractivity contribution is 5.78. The van der Waals surface area contributed by atoms with Crippen LogP contribution in [0.4, 0.5) is 0 Å². The van der Waals surface area contributed by atoms with Gasteiger partial charge in [-0.25, -0.2) is 0 Å². The SMILES string of the molecule is CCCC(=N)N(C)CC1CCCC1. The van der Waals surface area contributed by atoms with Gasteiger partial charge in [-0.15, -0.1) is 0 Å². The molecule has 0 aliphatic heterocycles. The van der Waals surface area contributed by atoms with E-state index in [-0.39, 0.29) is 0 Å². The van der Waals surface area contributed by atoms with E-state index in [1.54, 1.807) is 0 Å². The van der Waals surface area contributed by atoms with Crippen molar-refractivity contribution in [2.45, 2.75) is 45.4 Å². The van der Waals surface area contributed by atoms with Gasteiger partial charge in [-0.3, -0.25) is 5.41 Å². The van der Waals surface area contributed by atoms with Crippen LogP contribution >= 0.6 is 0 Å². The van der Waals surface area contributed by atoms with Gasteiger partial charge in [0.25, 0.3) is 0 Å². The van der Waals surface area contributed by atoms with Gasteiger partial charge in [-0.05, 0) is 25.2 Å². The summed E-state index contributed by atoms with van der Waals surface area (Å²) in [6.07, 6.45) is 7.59. The van der Waals surface area contributed by atoms with Crippen molar-refractivity contribution in [2.24, 2.45) is 5.92 Å². The first kappa shape index (κ1) is 10.6. The summed E-state index contributed by atoms with van der Waals surface area (Å²) in [6, 6.07) is 0. The Morgan fingerprint density at radius 2 is 2.00 bits per heavy atom. The van der Waals surface area contributed by atoms with E-state index in [1.165, 1.54) is 25.7 Å². The van der Waals surface area contributed by atoms with Gasteiger partial charge in [0.1, 0.15) is 0 Å². The molecule has 0 amide bonds. The molecule has 1 aliphatic rings. The number of amidine groups is 1. The molecule has 1 aliphatic carbocycles. The molecule has 1 fully saturated rings. The first-order valence-corrected chi connectivity index (χ1v) is 5.52.